The van der Waals surface area contributed by atoms with Crippen molar-refractivity contribution >= 4 is 5.69 Å². The van der Waals surface area contributed by atoms with Crippen molar-refractivity contribution in [3.8, 4) is 5.75 Å². The third kappa shape index (κ3) is 5.35. The monoisotopic (exact) mass is 321 g/mol. The first-order valence-electron chi connectivity index (χ1n) is 7.10. The van der Waals surface area contributed by atoms with Crippen LogP contribution in [0, 0.1) is 17.0 Å². The number of likely N-dealkylation sites (N-methyl/N-ethyl adjacent to an activating group) is 1. The fraction of sp³-hybridized carbons (Fsp3) is 0.400. The Hall–Kier alpha value is -2.45. The van der Waals surface area contributed by atoms with Crippen LogP contribution in [0.15, 0.2) is 34.9 Å². The lowest BCUT2D eigenvalue weighted by atomic mass is 10.3. The fourth-order valence-corrected chi connectivity index (χ4v) is 2.13. The predicted molar refractivity (Wildman–Crippen MR) is 82.2 cm³/mol. The summed E-state index contributed by atoms with van der Waals surface area (Å²) in [6, 6.07) is 7.70. The van der Waals surface area contributed by atoms with Crippen LogP contribution in [0.3, 0.4) is 0 Å². The molecule has 1 heterocycles. The topological polar surface area (TPSA) is 102 Å². The van der Waals surface area contributed by atoms with Gasteiger partial charge in [-0.2, -0.15) is 0 Å². The molecule has 0 saturated carbocycles. The number of aliphatic hydroxyl groups is 1. The van der Waals surface area contributed by atoms with Crippen LogP contribution in [0.1, 0.15) is 11.5 Å². The van der Waals surface area contributed by atoms with Gasteiger partial charge in [-0.1, -0.05) is 11.2 Å². The van der Waals surface area contributed by atoms with Crippen molar-refractivity contribution in [2.45, 2.75) is 19.6 Å². The fourth-order valence-electron chi connectivity index (χ4n) is 2.13. The molecule has 0 saturated heterocycles. The molecule has 0 aliphatic carbocycles. The van der Waals surface area contributed by atoms with Gasteiger partial charge in [0.2, 0.25) is 0 Å². The van der Waals surface area contributed by atoms with E-state index in [1.54, 1.807) is 12.1 Å². The lowest BCUT2D eigenvalue weighted by Crippen LogP contribution is -2.32. The largest absolute Gasteiger partial charge is 0.491 e. The minimum atomic E-state index is -0.729. The minimum absolute atomic E-state index is 0.0450. The zero-order valence-corrected chi connectivity index (χ0v) is 13.0. The Balaban J connectivity index is 1.79. The van der Waals surface area contributed by atoms with Crippen molar-refractivity contribution in [1.29, 1.82) is 0 Å². The summed E-state index contributed by atoms with van der Waals surface area (Å²) >= 11 is 0. The average Bonchev–Trinajstić information content (AvgIpc) is 2.90. The van der Waals surface area contributed by atoms with Crippen molar-refractivity contribution in [3.05, 3.63) is 51.9 Å². The van der Waals surface area contributed by atoms with Gasteiger partial charge in [0.25, 0.3) is 5.69 Å². The Morgan fingerprint density at radius 2 is 2.26 bits per heavy atom. The highest BCUT2D eigenvalue weighted by Crippen LogP contribution is 2.19. The molecule has 8 heteroatoms. The number of aliphatic hydroxyl groups excluding tert-OH is 1. The van der Waals surface area contributed by atoms with Crippen LogP contribution in [-0.4, -0.2) is 46.4 Å². The van der Waals surface area contributed by atoms with Gasteiger partial charge in [0.1, 0.15) is 24.2 Å². The van der Waals surface area contributed by atoms with E-state index >= 15 is 0 Å². The molecular formula is C15H19N3O5. The van der Waals surface area contributed by atoms with E-state index in [9.17, 15) is 15.2 Å². The van der Waals surface area contributed by atoms with Crippen LogP contribution in [0.5, 0.6) is 5.75 Å². The Morgan fingerprint density at radius 1 is 1.48 bits per heavy atom. The van der Waals surface area contributed by atoms with Gasteiger partial charge >= 0.3 is 0 Å². The first-order chi connectivity index (χ1) is 10.9. The normalized spacial score (nSPS) is 12.3. The van der Waals surface area contributed by atoms with E-state index in [0.29, 0.717) is 18.8 Å². The van der Waals surface area contributed by atoms with Crippen LogP contribution in [0.4, 0.5) is 5.69 Å². The molecule has 1 atom stereocenters. The molecular weight excluding hydrogens is 302 g/mol. The second kappa shape index (κ2) is 7.70. The predicted octanol–water partition coefficient (Wildman–Crippen LogP) is 1.76. The lowest BCUT2D eigenvalue weighted by molar-refractivity contribution is -0.384. The van der Waals surface area contributed by atoms with E-state index in [4.69, 9.17) is 9.26 Å². The van der Waals surface area contributed by atoms with Gasteiger partial charge in [-0.05, 0) is 20.0 Å². The maximum Gasteiger partial charge on any atom is 0.273 e. The summed E-state index contributed by atoms with van der Waals surface area (Å²) in [5.74, 6) is 1.09. The number of hydrogen-bond acceptors (Lipinski definition) is 7. The molecule has 1 N–H and O–H groups in total. The zero-order valence-electron chi connectivity index (χ0n) is 13.0. The van der Waals surface area contributed by atoms with Gasteiger partial charge in [-0.25, -0.2) is 0 Å². The number of hydrogen-bond donors (Lipinski definition) is 1. The number of nitrogens with zero attached hydrogens (tertiary/aromatic N) is 3. The quantitative estimate of drug-likeness (QED) is 0.584. The van der Waals surface area contributed by atoms with Crippen LogP contribution in [0.25, 0.3) is 0 Å². The number of ether oxygens (including phenoxy) is 1. The molecule has 1 unspecified atom stereocenters. The number of rotatable bonds is 8. The Kier molecular flexibility index (Phi) is 5.67. The zero-order chi connectivity index (χ0) is 16.8. The maximum absolute atomic E-state index is 10.7. The van der Waals surface area contributed by atoms with Crippen molar-refractivity contribution in [2.75, 3.05) is 20.2 Å². The smallest absolute Gasteiger partial charge is 0.273 e. The molecule has 1 aromatic carbocycles. The molecule has 0 aliphatic heterocycles. The highest BCUT2D eigenvalue weighted by molar-refractivity contribution is 5.37. The third-order valence-electron chi connectivity index (χ3n) is 3.10. The first kappa shape index (κ1) is 16.9. The number of nitro groups is 1. The van der Waals surface area contributed by atoms with E-state index in [2.05, 4.69) is 5.16 Å². The van der Waals surface area contributed by atoms with E-state index < -0.39 is 11.0 Å². The SMILES string of the molecule is Cc1cc(CN(C)CC(O)COc2cccc([N+](=O)[O-])c2)no1. The van der Waals surface area contributed by atoms with E-state index in [0.717, 1.165) is 11.5 Å². The molecule has 0 aliphatic rings. The Bertz CT molecular complexity index is 658. The Morgan fingerprint density at radius 3 is 2.91 bits per heavy atom. The van der Waals surface area contributed by atoms with Crippen LogP contribution in [0.2, 0.25) is 0 Å². The molecule has 2 rings (SSSR count). The average molecular weight is 321 g/mol. The molecule has 0 spiro atoms. The summed E-state index contributed by atoms with van der Waals surface area (Å²) in [7, 11) is 1.85. The van der Waals surface area contributed by atoms with Gasteiger partial charge in [0, 0.05) is 25.2 Å². The summed E-state index contributed by atoms with van der Waals surface area (Å²) in [6.07, 6.45) is -0.729. The molecule has 8 nitrogen and oxygen atoms in total. The standard InChI is InChI=1S/C15H19N3O5/c1-11-6-12(16-23-11)8-17(2)9-14(19)10-22-15-5-3-4-13(7-15)18(20)21/h3-7,14,19H,8-10H2,1-2H3. The summed E-state index contributed by atoms with van der Waals surface area (Å²) in [6.45, 7) is 2.79. The van der Waals surface area contributed by atoms with Crippen molar-refractivity contribution in [2.24, 2.45) is 0 Å². The molecule has 2 aromatic rings. The van der Waals surface area contributed by atoms with Gasteiger partial charge in [0.15, 0.2) is 0 Å². The van der Waals surface area contributed by atoms with Crippen LogP contribution >= 0.6 is 0 Å². The van der Waals surface area contributed by atoms with Crippen molar-refractivity contribution in [3.63, 3.8) is 0 Å². The molecule has 23 heavy (non-hydrogen) atoms. The Labute approximate surface area is 133 Å². The van der Waals surface area contributed by atoms with Crippen molar-refractivity contribution in [1.82, 2.24) is 10.1 Å². The number of aromatic nitrogens is 1. The van der Waals surface area contributed by atoms with E-state index in [1.165, 1.54) is 12.1 Å². The summed E-state index contributed by atoms with van der Waals surface area (Å²) in [4.78, 5) is 12.1. The molecule has 124 valence electrons. The maximum atomic E-state index is 10.7. The highest BCUT2D eigenvalue weighted by Gasteiger charge is 2.12. The molecule has 0 radical (unpaired) electrons. The van der Waals surface area contributed by atoms with Crippen LogP contribution < -0.4 is 4.74 Å². The van der Waals surface area contributed by atoms with Crippen molar-refractivity contribution < 1.29 is 19.3 Å². The van der Waals surface area contributed by atoms with E-state index in [-0.39, 0.29) is 12.3 Å². The molecule has 0 amide bonds. The van der Waals surface area contributed by atoms with Gasteiger partial charge < -0.3 is 14.4 Å². The number of aryl methyl sites for hydroxylation is 1. The number of benzene rings is 1. The second-order valence-corrected chi connectivity index (χ2v) is 5.34. The van der Waals surface area contributed by atoms with Crippen LogP contribution in [-0.2, 0) is 6.54 Å². The summed E-state index contributed by atoms with van der Waals surface area (Å²) < 4.78 is 10.4. The molecule has 0 bridgehead atoms. The summed E-state index contributed by atoms with van der Waals surface area (Å²) in [5.41, 5.74) is 0.743. The molecule has 0 fully saturated rings. The van der Waals surface area contributed by atoms with Gasteiger partial charge in [0.05, 0.1) is 16.7 Å². The van der Waals surface area contributed by atoms with Gasteiger partial charge in [-0.3, -0.25) is 15.0 Å². The van der Waals surface area contributed by atoms with E-state index in [1.807, 2.05) is 24.9 Å². The number of non-ortho nitro benzene ring substituents is 1. The first-order valence-corrected chi connectivity index (χ1v) is 7.10. The highest BCUT2D eigenvalue weighted by atomic mass is 16.6. The molecule has 1 aromatic heterocycles. The second-order valence-electron chi connectivity index (χ2n) is 5.34. The number of nitro benzene ring substituents is 1. The van der Waals surface area contributed by atoms with Gasteiger partial charge in [-0.15, -0.1) is 0 Å². The lowest BCUT2D eigenvalue weighted by Gasteiger charge is -2.19. The summed E-state index contributed by atoms with van der Waals surface area (Å²) in [5, 5.41) is 24.6. The minimum Gasteiger partial charge on any atom is -0.491 e. The third-order valence-corrected chi connectivity index (χ3v) is 3.10.